The van der Waals surface area contributed by atoms with Gasteiger partial charge in [0, 0.05) is 16.6 Å². The Morgan fingerprint density at radius 3 is 2.91 bits per heavy atom. The maximum atomic E-state index is 12.8. The molecule has 32 heavy (non-hydrogen) atoms. The first-order valence-electron chi connectivity index (χ1n) is 9.99. The molecule has 0 aliphatic carbocycles. The first-order chi connectivity index (χ1) is 15.4. The van der Waals surface area contributed by atoms with E-state index in [9.17, 15) is 9.90 Å². The van der Waals surface area contributed by atoms with Gasteiger partial charge in [-0.3, -0.25) is 9.69 Å². The van der Waals surface area contributed by atoms with Crippen molar-refractivity contribution in [2.24, 2.45) is 11.0 Å². The van der Waals surface area contributed by atoms with Crippen LogP contribution >= 0.6 is 15.9 Å². The summed E-state index contributed by atoms with van der Waals surface area (Å²) in [5.41, 5.74) is 9.28. The Hall–Kier alpha value is -3.32. The molecule has 168 valence electrons. The molecule has 0 atom stereocenters. The number of piperidine rings is 1. The molecule has 1 amide bonds. The lowest BCUT2D eigenvalue weighted by Crippen LogP contribution is -2.34. The number of nitrogens with one attached hydrogen (secondary N) is 1. The third-order valence-corrected chi connectivity index (χ3v) is 5.78. The van der Waals surface area contributed by atoms with E-state index in [1.54, 1.807) is 12.1 Å². The minimum atomic E-state index is -0.558. The van der Waals surface area contributed by atoms with E-state index in [1.807, 2.05) is 0 Å². The van der Waals surface area contributed by atoms with Crippen LogP contribution in [-0.4, -0.2) is 60.5 Å². The van der Waals surface area contributed by atoms with E-state index < -0.39 is 5.91 Å². The summed E-state index contributed by atoms with van der Waals surface area (Å²) in [5.74, 6) is 0.345. The number of hydrogen-bond donors (Lipinski definition) is 3. The number of nitrogens with two attached hydrogens (primary N) is 1. The summed E-state index contributed by atoms with van der Waals surface area (Å²) in [5, 5.41) is 29.3. The van der Waals surface area contributed by atoms with Gasteiger partial charge in [0.15, 0.2) is 5.69 Å². The Morgan fingerprint density at radius 2 is 2.19 bits per heavy atom. The fourth-order valence-electron chi connectivity index (χ4n) is 3.40. The van der Waals surface area contributed by atoms with E-state index in [0.717, 1.165) is 30.4 Å². The number of anilines is 1. The topological polar surface area (TPSA) is 161 Å². The van der Waals surface area contributed by atoms with Crippen molar-refractivity contribution in [1.29, 1.82) is 0 Å². The number of likely N-dealkylation sites (tertiary alicyclic amines) is 1. The van der Waals surface area contributed by atoms with E-state index >= 15 is 0 Å². The first kappa shape index (κ1) is 21.9. The van der Waals surface area contributed by atoms with Crippen molar-refractivity contribution < 1.29 is 14.5 Å². The average molecular weight is 504 g/mol. The smallest absolute Gasteiger partial charge is 0.293 e. The predicted octanol–water partition coefficient (Wildman–Crippen LogP) is 1.70. The van der Waals surface area contributed by atoms with Gasteiger partial charge >= 0.3 is 0 Å². The average Bonchev–Trinajstić information content (AvgIpc) is 3.37. The minimum absolute atomic E-state index is 0.0335. The molecule has 1 saturated heterocycles. The highest BCUT2D eigenvalue weighted by Crippen LogP contribution is 2.22. The third-order valence-electron chi connectivity index (χ3n) is 5.28. The van der Waals surface area contributed by atoms with Crippen molar-refractivity contribution >= 4 is 33.9 Å². The quantitative estimate of drug-likeness (QED) is 0.335. The van der Waals surface area contributed by atoms with Crippen molar-refractivity contribution in [3.8, 4) is 11.6 Å². The van der Waals surface area contributed by atoms with Gasteiger partial charge in [-0.15, -0.1) is 5.10 Å². The van der Waals surface area contributed by atoms with E-state index in [1.165, 1.54) is 17.0 Å². The molecule has 1 aliphatic rings. The number of amides is 1. The second-order valence-electron chi connectivity index (χ2n) is 7.63. The van der Waals surface area contributed by atoms with Crippen LogP contribution in [-0.2, 0) is 6.54 Å². The molecule has 3 heterocycles. The molecule has 0 spiro atoms. The molecule has 12 nitrogen and oxygen atoms in total. The number of hydrazone groups is 1. The summed E-state index contributed by atoms with van der Waals surface area (Å²) < 4.78 is 6.81. The molecule has 13 heteroatoms. The zero-order valence-electron chi connectivity index (χ0n) is 17.3. The number of halogens is 1. The van der Waals surface area contributed by atoms with Crippen LogP contribution in [0.3, 0.4) is 0 Å². The van der Waals surface area contributed by atoms with Crippen molar-refractivity contribution in [3.63, 3.8) is 0 Å². The van der Waals surface area contributed by atoms with Crippen LogP contribution in [0.1, 0.15) is 41.5 Å². The zero-order chi connectivity index (χ0) is 22.7. The SMILES string of the molecule is CC1CCN(Cc2c(C(=O)NN=Cc3cc(Br)ccc3O)nnn2-c2nonc2N)CC1. The van der Waals surface area contributed by atoms with E-state index in [0.29, 0.717) is 23.7 Å². The first-order valence-corrected chi connectivity index (χ1v) is 10.8. The highest BCUT2D eigenvalue weighted by molar-refractivity contribution is 9.10. The molecular weight excluding hydrogens is 482 g/mol. The number of carbonyl (C=O) groups excluding carboxylic acids is 1. The van der Waals surface area contributed by atoms with Gasteiger partial charge in [0.25, 0.3) is 5.91 Å². The van der Waals surface area contributed by atoms with E-state index in [-0.39, 0.29) is 23.1 Å². The van der Waals surface area contributed by atoms with Crippen LogP contribution < -0.4 is 11.2 Å². The standard InChI is InChI=1S/C19H22BrN9O3/c1-11-4-6-28(7-5-11)10-14-16(23-27-29(14)18-17(21)25-32-26-18)19(31)24-22-9-12-8-13(20)2-3-15(12)30/h2-3,8-9,11,30H,4-7,10H2,1H3,(H2,21,25)(H,24,31). The van der Waals surface area contributed by atoms with Crippen LogP contribution in [0.5, 0.6) is 5.75 Å². The fourth-order valence-corrected chi connectivity index (χ4v) is 3.78. The van der Waals surface area contributed by atoms with Gasteiger partial charge in [0.1, 0.15) is 5.75 Å². The number of phenolic OH excluding ortho intramolecular Hbond substituents is 1. The van der Waals surface area contributed by atoms with E-state index in [4.69, 9.17) is 5.73 Å². The van der Waals surface area contributed by atoms with E-state index in [2.05, 4.69) is 63.5 Å². The Labute approximate surface area is 191 Å². The Morgan fingerprint density at radius 1 is 1.41 bits per heavy atom. The van der Waals surface area contributed by atoms with Crippen LogP contribution in [0.25, 0.3) is 5.82 Å². The van der Waals surface area contributed by atoms with Gasteiger partial charge < -0.3 is 10.8 Å². The summed E-state index contributed by atoms with van der Waals surface area (Å²) >= 11 is 3.33. The Balaban J connectivity index is 1.57. The summed E-state index contributed by atoms with van der Waals surface area (Å²) in [6, 6.07) is 4.89. The Bertz CT molecular complexity index is 1140. The number of aromatic nitrogens is 5. The monoisotopic (exact) mass is 503 g/mol. The maximum Gasteiger partial charge on any atom is 0.293 e. The van der Waals surface area contributed by atoms with Crippen molar-refractivity contribution in [3.05, 3.63) is 39.6 Å². The zero-order valence-corrected chi connectivity index (χ0v) is 18.9. The molecular formula is C19H22BrN9O3. The number of phenols is 1. The molecule has 4 N–H and O–H groups in total. The van der Waals surface area contributed by atoms with Gasteiger partial charge in [-0.05, 0) is 60.4 Å². The van der Waals surface area contributed by atoms with Crippen molar-refractivity contribution in [2.45, 2.75) is 26.3 Å². The van der Waals surface area contributed by atoms with Crippen LogP contribution in [0.15, 0.2) is 32.4 Å². The molecule has 1 aromatic carbocycles. The second kappa shape index (κ2) is 9.44. The van der Waals surface area contributed by atoms with Gasteiger partial charge in [0.2, 0.25) is 11.6 Å². The summed E-state index contributed by atoms with van der Waals surface area (Å²) in [7, 11) is 0. The normalized spacial score (nSPS) is 15.4. The van der Waals surface area contributed by atoms with Crippen molar-refractivity contribution in [2.75, 3.05) is 18.8 Å². The van der Waals surface area contributed by atoms with Crippen LogP contribution in [0.4, 0.5) is 5.82 Å². The van der Waals surface area contributed by atoms with Crippen LogP contribution in [0.2, 0.25) is 0 Å². The fraction of sp³-hybridized carbons (Fsp3) is 0.368. The predicted molar refractivity (Wildman–Crippen MR) is 118 cm³/mol. The Kier molecular flexibility index (Phi) is 6.46. The molecule has 0 radical (unpaired) electrons. The maximum absolute atomic E-state index is 12.8. The molecule has 0 bridgehead atoms. The van der Waals surface area contributed by atoms with Crippen molar-refractivity contribution in [1.82, 2.24) is 35.6 Å². The lowest BCUT2D eigenvalue weighted by atomic mass is 9.99. The molecule has 0 saturated carbocycles. The lowest BCUT2D eigenvalue weighted by Gasteiger charge is -2.30. The number of aromatic hydroxyl groups is 1. The van der Waals surface area contributed by atoms with Gasteiger partial charge in [0.05, 0.1) is 11.9 Å². The minimum Gasteiger partial charge on any atom is -0.507 e. The molecule has 1 aliphatic heterocycles. The number of hydrogen-bond acceptors (Lipinski definition) is 10. The van der Waals surface area contributed by atoms with Gasteiger partial charge in [-0.1, -0.05) is 28.1 Å². The molecule has 3 aromatic rings. The largest absolute Gasteiger partial charge is 0.507 e. The number of nitrogen functional groups attached to an aromatic ring is 1. The lowest BCUT2D eigenvalue weighted by molar-refractivity contribution is 0.0946. The van der Waals surface area contributed by atoms with Gasteiger partial charge in [-0.25, -0.2) is 10.1 Å². The highest BCUT2D eigenvalue weighted by atomic mass is 79.9. The molecule has 0 unspecified atom stereocenters. The number of rotatable bonds is 6. The van der Waals surface area contributed by atoms with Crippen LogP contribution in [0, 0.1) is 5.92 Å². The summed E-state index contributed by atoms with van der Waals surface area (Å²) in [4.78, 5) is 15.1. The molecule has 2 aromatic heterocycles. The number of carbonyl (C=O) groups is 1. The summed E-state index contributed by atoms with van der Waals surface area (Å²) in [6.07, 6.45) is 3.47. The summed E-state index contributed by atoms with van der Waals surface area (Å²) in [6.45, 7) is 4.43. The third kappa shape index (κ3) is 4.78. The molecule has 1 fully saturated rings. The molecule has 4 rings (SSSR count). The number of benzene rings is 1. The second-order valence-corrected chi connectivity index (χ2v) is 8.55. The number of nitrogens with zero attached hydrogens (tertiary/aromatic N) is 7. The highest BCUT2D eigenvalue weighted by Gasteiger charge is 2.26. The van der Waals surface area contributed by atoms with Gasteiger partial charge in [-0.2, -0.15) is 9.78 Å².